The number of hydrogen-bond acceptors (Lipinski definition) is 5. The molecule has 22 heavy (non-hydrogen) atoms. The molecule has 0 fully saturated rings. The normalized spacial score (nSPS) is 9.86. The van der Waals surface area contributed by atoms with Crippen LogP contribution >= 0.6 is 23.8 Å². The van der Waals surface area contributed by atoms with Crippen molar-refractivity contribution in [3.8, 4) is 0 Å². The second-order valence-corrected chi connectivity index (χ2v) is 4.90. The molecule has 3 N–H and O–H groups in total. The van der Waals surface area contributed by atoms with Crippen LogP contribution in [0.4, 0.5) is 0 Å². The van der Waals surface area contributed by atoms with Gasteiger partial charge in [-0.05, 0) is 36.5 Å². The third kappa shape index (κ3) is 4.79. The Morgan fingerprint density at radius 3 is 2.59 bits per heavy atom. The lowest BCUT2D eigenvalue weighted by Gasteiger charge is -2.10. The number of amides is 2. The lowest BCUT2D eigenvalue weighted by Crippen LogP contribution is -2.49. The highest BCUT2D eigenvalue weighted by Crippen LogP contribution is 2.09. The molecular weight excluding hydrogens is 328 g/mol. The summed E-state index contributed by atoms with van der Waals surface area (Å²) in [5.74, 6) is -0.812. The van der Waals surface area contributed by atoms with Crippen LogP contribution in [0.25, 0.3) is 0 Å². The largest absolute Gasteiger partial charge is 0.298 e. The third-order valence-electron chi connectivity index (χ3n) is 2.42. The molecular formula is C12H11ClN6O2S. The maximum Gasteiger partial charge on any atom is 0.260 e. The molecule has 0 aliphatic rings. The summed E-state index contributed by atoms with van der Waals surface area (Å²) in [6.07, 6.45) is 2.72. The Bertz CT molecular complexity index is 673. The van der Waals surface area contributed by atoms with Crippen molar-refractivity contribution in [3.05, 3.63) is 47.5 Å². The van der Waals surface area contributed by atoms with Crippen LogP contribution in [0.3, 0.4) is 0 Å². The van der Waals surface area contributed by atoms with E-state index in [1.54, 1.807) is 24.3 Å². The SMILES string of the molecule is O=C(Cn1cncn1)NNC(=S)NC(=O)c1ccc(Cl)cc1. The molecule has 0 unspecified atom stereocenters. The molecule has 1 heterocycles. The lowest BCUT2D eigenvalue weighted by molar-refractivity contribution is -0.122. The van der Waals surface area contributed by atoms with Gasteiger partial charge in [0, 0.05) is 10.6 Å². The van der Waals surface area contributed by atoms with Gasteiger partial charge >= 0.3 is 0 Å². The lowest BCUT2D eigenvalue weighted by atomic mass is 10.2. The first kappa shape index (κ1) is 15.9. The number of halogens is 1. The first-order valence-corrected chi connectivity index (χ1v) is 6.81. The van der Waals surface area contributed by atoms with Crippen LogP contribution in [0.5, 0.6) is 0 Å². The summed E-state index contributed by atoms with van der Waals surface area (Å²) >= 11 is 10.6. The Morgan fingerprint density at radius 2 is 1.95 bits per heavy atom. The van der Waals surface area contributed by atoms with Crippen LogP contribution in [-0.2, 0) is 11.3 Å². The number of benzene rings is 1. The molecule has 2 rings (SSSR count). The number of rotatable bonds is 3. The summed E-state index contributed by atoms with van der Waals surface area (Å²) in [7, 11) is 0. The van der Waals surface area contributed by atoms with E-state index in [1.807, 2.05) is 0 Å². The average molecular weight is 339 g/mol. The number of nitrogens with zero attached hydrogens (tertiary/aromatic N) is 3. The fraction of sp³-hybridized carbons (Fsp3) is 0.0833. The zero-order valence-corrected chi connectivity index (χ0v) is 12.7. The maximum absolute atomic E-state index is 11.9. The highest BCUT2D eigenvalue weighted by Gasteiger charge is 2.08. The van der Waals surface area contributed by atoms with Crippen LogP contribution in [0.2, 0.25) is 5.02 Å². The molecule has 0 atom stereocenters. The number of carbonyl (C=O) groups is 2. The molecule has 8 nitrogen and oxygen atoms in total. The third-order valence-corrected chi connectivity index (χ3v) is 2.88. The van der Waals surface area contributed by atoms with E-state index in [4.69, 9.17) is 23.8 Å². The van der Waals surface area contributed by atoms with Gasteiger partial charge in [-0.3, -0.25) is 25.8 Å². The molecule has 1 aromatic heterocycles. The molecule has 0 aliphatic carbocycles. The van der Waals surface area contributed by atoms with E-state index < -0.39 is 11.8 Å². The van der Waals surface area contributed by atoms with E-state index in [0.717, 1.165) is 0 Å². The van der Waals surface area contributed by atoms with E-state index in [0.29, 0.717) is 10.6 Å². The van der Waals surface area contributed by atoms with Crippen LogP contribution in [-0.4, -0.2) is 31.7 Å². The molecule has 0 saturated heterocycles. The van der Waals surface area contributed by atoms with Gasteiger partial charge in [0.05, 0.1) is 0 Å². The number of carbonyl (C=O) groups excluding carboxylic acids is 2. The summed E-state index contributed by atoms with van der Waals surface area (Å²) < 4.78 is 1.34. The summed E-state index contributed by atoms with van der Waals surface area (Å²) in [6, 6.07) is 6.30. The van der Waals surface area contributed by atoms with Crippen molar-refractivity contribution in [2.75, 3.05) is 0 Å². The van der Waals surface area contributed by atoms with Crippen LogP contribution in [0, 0.1) is 0 Å². The van der Waals surface area contributed by atoms with E-state index in [2.05, 4.69) is 26.3 Å². The number of thiocarbonyl (C=S) groups is 1. The van der Waals surface area contributed by atoms with Crippen molar-refractivity contribution < 1.29 is 9.59 Å². The van der Waals surface area contributed by atoms with Gasteiger partial charge in [-0.25, -0.2) is 9.67 Å². The molecule has 2 amide bonds. The number of nitrogens with one attached hydrogen (secondary N) is 3. The first-order chi connectivity index (χ1) is 10.5. The zero-order chi connectivity index (χ0) is 15.9. The van der Waals surface area contributed by atoms with Gasteiger partial charge in [0.2, 0.25) is 0 Å². The van der Waals surface area contributed by atoms with Crippen molar-refractivity contribution in [1.29, 1.82) is 0 Å². The quantitative estimate of drug-likeness (QED) is 0.548. The maximum atomic E-state index is 11.9. The molecule has 0 aliphatic heterocycles. The predicted octanol–water partition coefficient (Wildman–Crippen LogP) is 0.267. The van der Waals surface area contributed by atoms with E-state index in [-0.39, 0.29) is 11.7 Å². The average Bonchev–Trinajstić information content (AvgIpc) is 2.98. The van der Waals surface area contributed by atoms with Crippen molar-refractivity contribution in [3.63, 3.8) is 0 Å². The molecule has 2 aromatic rings. The predicted molar refractivity (Wildman–Crippen MR) is 82.8 cm³/mol. The smallest absolute Gasteiger partial charge is 0.260 e. The fourth-order valence-corrected chi connectivity index (χ4v) is 1.71. The highest BCUT2D eigenvalue weighted by atomic mass is 35.5. The van der Waals surface area contributed by atoms with Gasteiger partial charge in [-0.15, -0.1) is 0 Å². The van der Waals surface area contributed by atoms with Gasteiger partial charge in [-0.1, -0.05) is 11.6 Å². The monoisotopic (exact) mass is 338 g/mol. The minimum absolute atomic E-state index is 0.0270. The highest BCUT2D eigenvalue weighted by molar-refractivity contribution is 7.80. The van der Waals surface area contributed by atoms with E-state index in [1.165, 1.54) is 17.3 Å². The van der Waals surface area contributed by atoms with Crippen LogP contribution in [0.1, 0.15) is 10.4 Å². The van der Waals surface area contributed by atoms with Crippen molar-refractivity contribution >= 4 is 40.7 Å². The van der Waals surface area contributed by atoms with E-state index >= 15 is 0 Å². The summed E-state index contributed by atoms with van der Waals surface area (Å²) in [5.41, 5.74) is 5.14. The van der Waals surface area contributed by atoms with Gasteiger partial charge < -0.3 is 0 Å². The second kappa shape index (κ2) is 7.48. The Morgan fingerprint density at radius 1 is 1.23 bits per heavy atom. The molecule has 10 heteroatoms. The Balaban J connectivity index is 1.76. The van der Waals surface area contributed by atoms with Crippen molar-refractivity contribution in [2.24, 2.45) is 0 Å². The van der Waals surface area contributed by atoms with E-state index in [9.17, 15) is 9.59 Å². The Labute approximate surface area is 135 Å². The molecule has 0 bridgehead atoms. The van der Waals surface area contributed by atoms with Crippen LogP contribution < -0.4 is 16.2 Å². The minimum Gasteiger partial charge on any atom is -0.298 e. The summed E-state index contributed by atoms with van der Waals surface area (Å²) in [4.78, 5) is 27.1. The standard InChI is InChI=1S/C12H11ClN6O2S/c13-9-3-1-8(2-4-9)11(21)16-12(22)18-17-10(20)5-19-7-14-6-15-19/h1-4,6-7H,5H2,(H,17,20)(H2,16,18,21,22). The summed E-state index contributed by atoms with van der Waals surface area (Å²) in [5, 5.41) is 6.69. The topological polar surface area (TPSA) is 101 Å². The number of hydrazine groups is 1. The Hall–Kier alpha value is -2.52. The van der Waals surface area contributed by atoms with Gasteiger partial charge in [-0.2, -0.15) is 5.10 Å². The van der Waals surface area contributed by atoms with Gasteiger partial charge in [0.25, 0.3) is 11.8 Å². The molecule has 0 spiro atoms. The zero-order valence-electron chi connectivity index (χ0n) is 11.1. The summed E-state index contributed by atoms with van der Waals surface area (Å²) in [6.45, 7) is -0.0270. The first-order valence-electron chi connectivity index (χ1n) is 6.03. The van der Waals surface area contributed by atoms with Crippen molar-refractivity contribution in [2.45, 2.75) is 6.54 Å². The number of hydrogen-bond donors (Lipinski definition) is 3. The second-order valence-electron chi connectivity index (χ2n) is 4.06. The van der Waals surface area contributed by atoms with Crippen LogP contribution in [0.15, 0.2) is 36.9 Å². The minimum atomic E-state index is -0.417. The fourth-order valence-electron chi connectivity index (χ4n) is 1.44. The molecule has 114 valence electrons. The number of aromatic nitrogens is 3. The van der Waals surface area contributed by atoms with Gasteiger partial charge in [0.1, 0.15) is 19.2 Å². The van der Waals surface area contributed by atoms with Gasteiger partial charge in [0.15, 0.2) is 5.11 Å². The molecule has 0 saturated carbocycles. The Kier molecular flexibility index (Phi) is 5.39. The van der Waals surface area contributed by atoms with Crippen molar-refractivity contribution in [1.82, 2.24) is 30.9 Å². The molecule has 1 aromatic carbocycles. The molecule has 0 radical (unpaired) electrons.